The monoisotopic (exact) mass is 228 g/mol. The summed E-state index contributed by atoms with van der Waals surface area (Å²) in [6.45, 7) is 2.21. The third-order valence-electron chi connectivity index (χ3n) is 2.96. The van der Waals surface area contributed by atoms with Gasteiger partial charge in [-0.2, -0.15) is 0 Å². The lowest BCUT2D eigenvalue weighted by atomic mass is 9.97. The first-order valence-electron chi connectivity index (χ1n) is 5.30. The molecule has 1 unspecified atom stereocenters. The fourth-order valence-electron chi connectivity index (χ4n) is 2.03. The summed E-state index contributed by atoms with van der Waals surface area (Å²) in [5.41, 5.74) is 2.54. The van der Waals surface area contributed by atoms with Gasteiger partial charge in [0.05, 0.1) is 6.33 Å². The van der Waals surface area contributed by atoms with Crippen molar-refractivity contribution in [2.24, 2.45) is 0 Å². The molecule has 3 heteroatoms. The van der Waals surface area contributed by atoms with Crippen molar-refractivity contribution in [1.82, 2.24) is 9.97 Å². The van der Waals surface area contributed by atoms with Gasteiger partial charge in [0.1, 0.15) is 0 Å². The predicted molar refractivity (Wildman–Crippen MR) is 67.9 cm³/mol. The molecule has 2 heterocycles. The Hall–Kier alpha value is -1.61. The van der Waals surface area contributed by atoms with Crippen molar-refractivity contribution in [3.8, 4) is 0 Å². The van der Waals surface area contributed by atoms with E-state index in [1.807, 2.05) is 6.20 Å². The smallest absolute Gasteiger partial charge is 0.0921 e. The molecule has 1 N–H and O–H groups in total. The number of fused-ring (bicyclic) bond motifs is 1. The lowest BCUT2D eigenvalue weighted by Crippen LogP contribution is -1.96. The Morgan fingerprint density at radius 1 is 1.31 bits per heavy atom. The van der Waals surface area contributed by atoms with Crippen molar-refractivity contribution >= 4 is 21.4 Å². The Morgan fingerprint density at radius 3 is 3.06 bits per heavy atom. The molecule has 0 aliphatic heterocycles. The number of hydrogen-bond donors (Lipinski definition) is 1. The summed E-state index contributed by atoms with van der Waals surface area (Å²) in [7, 11) is 0. The van der Waals surface area contributed by atoms with Gasteiger partial charge in [-0.15, -0.1) is 11.3 Å². The summed E-state index contributed by atoms with van der Waals surface area (Å²) in [4.78, 5) is 7.27. The van der Waals surface area contributed by atoms with Gasteiger partial charge < -0.3 is 4.98 Å². The van der Waals surface area contributed by atoms with Crippen LogP contribution in [0.1, 0.15) is 24.1 Å². The van der Waals surface area contributed by atoms with Gasteiger partial charge in [0.2, 0.25) is 0 Å². The number of nitrogens with zero attached hydrogens (tertiary/aromatic N) is 1. The molecule has 80 valence electrons. The van der Waals surface area contributed by atoms with Crippen LogP contribution >= 0.6 is 11.3 Å². The summed E-state index contributed by atoms with van der Waals surface area (Å²) < 4.78 is 1.38. The Morgan fingerprint density at radius 2 is 2.25 bits per heavy atom. The highest BCUT2D eigenvalue weighted by Crippen LogP contribution is 2.32. The molecule has 2 nitrogen and oxygen atoms in total. The normalized spacial score (nSPS) is 13.1. The van der Waals surface area contributed by atoms with Crippen molar-refractivity contribution in [3.63, 3.8) is 0 Å². The molecule has 0 saturated carbocycles. The Balaban J connectivity index is 2.15. The number of thiophene rings is 1. The maximum absolute atomic E-state index is 4.08. The molecule has 0 radical (unpaired) electrons. The highest BCUT2D eigenvalue weighted by molar-refractivity contribution is 7.17. The van der Waals surface area contributed by atoms with Crippen molar-refractivity contribution in [2.75, 3.05) is 0 Å². The lowest BCUT2D eigenvalue weighted by molar-refractivity contribution is 0.894. The van der Waals surface area contributed by atoms with E-state index in [1.165, 1.54) is 21.3 Å². The molecule has 0 spiro atoms. The fraction of sp³-hybridized carbons (Fsp3) is 0.154. The van der Waals surface area contributed by atoms with Crippen LogP contribution in [0.2, 0.25) is 0 Å². The second kappa shape index (κ2) is 3.76. The first-order chi connectivity index (χ1) is 7.86. The summed E-state index contributed by atoms with van der Waals surface area (Å²) in [6, 6.07) is 8.65. The summed E-state index contributed by atoms with van der Waals surface area (Å²) in [5, 5.41) is 3.47. The number of nitrogens with one attached hydrogen (secondary N) is 1. The maximum atomic E-state index is 4.08. The predicted octanol–water partition coefficient (Wildman–Crippen LogP) is 3.78. The molecule has 0 fully saturated rings. The van der Waals surface area contributed by atoms with Crippen LogP contribution in [0.25, 0.3) is 10.1 Å². The third-order valence-corrected chi connectivity index (χ3v) is 3.94. The number of rotatable bonds is 2. The van der Waals surface area contributed by atoms with E-state index in [2.05, 4.69) is 46.5 Å². The van der Waals surface area contributed by atoms with Crippen LogP contribution in [0.5, 0.6) is 0 Å². The number of benzene rings is 1. The van der Waals surface area contributed by atoms with Gasteiger partial charge in [-0.1, -0.05) is 25.1 Å². The van der Waals surface area contributed by atoms with Crippen LogP contribution in [0.15, 0.2) is 42.2 Å². The SMILES string of the molecule is CC(c1cnc[nH]1)c1cccc2ccsc12. The van der Waals surface area contributed by atoms with Crippen LogP contribution in [-0.4, -0.2) is 9.97 Å². The van der Waals surface area contributed by atoms with Crippen LogP contribution in [0.3, 0.4) is 0 Å². The van der Waals surface area contributed by atoms with Crippen molar-refractivity contribution in [2.45, 2.75) is 12.8 Å². The summed E-state index contributed by atoms with van der Waals surface area (Å²) in [5.74, 6) is 0.366. The first kappa shape index (κ1) is 9.60. The second-order valence-corrected chi connectivity index (χ2v) is 4.83. The van der Waals surface area contributed by atoms with Gasteiger partial charge in [-0.25, -0.2) is 4.98 Å². The molecular formula is C13H12N2S. The van der Waals surface area contributed by atoms with Gasteiger partial charge in [0.15, 0.2) is 0 Å². The zero-order valence-electron chi connectivity index (χ0n) is 8.97. The van der Waals surface area contributed by atoms with E-state index in [4.69, 9.17) is 0 Å². The lowest BCUT2D eigenvalue weighted by Gasteiger charge is -2.10. The molecule has 0 aliphatic carbocycles. The molecule has 1 aromatic carbocycles. The Bertz CT molecular complexity index is 595. The van der Waals surface area contributed by atoms with Gasteiger partial charge >= 0.3 is 0 Å². The van der Waals surface area contributed by atoms with E-state index >= 15 is 0 Å². The van der Waals surface area contributed by atoms with Crippen molar-refractivity contribution < 1.29 is 0 Å². The van der Waals surface area contributed by atoms with Crippen molar-refractivity contribution in [3.05, 3.63) is 53.4 Å². The van der Waals surface area contributed by atoms with Crippen LogP contribution in [-0.2, 0) is 0 Å². The number of imidazole rings is 1. The molecule has 0 amide bonds. The standard InChI is InChI=1S/C13H12N2S/c1-9(12-7-14-8-15-12)11-4-2-3-10-5-6-16-13(10)11/h2-9H,1H3,(H,14,15). The minimum absolute atomic E-state index is 0.366. The number of H-pyrrole nitrogens is 1. The zero-order chi connectivity index (χ0) is 11.0. The minimum atomic E-state index is 0.366. The maximum Gasteiger partial charge on any atom is 0.0921 e. The molecule has 3 aromatic rings. The van der Waals surface area contributed by atoms with E-state index in [0.29, 0.717) is 5.92 Å². The van der Waals surface area contributed by atoms with Gasteiger partial charge in [0.25, 0.3) is 0 Å². The van der Waals surface area contributed by atoms with Gasteiger partial charge in [0, 0.05) is 22.5 Å². The summed E-state index contributed by atoms with van der Waals surface area (Å²) >= 11 is 1.81. The van der Waals surface area contributed by atoms with E-state index < -0.39 is 0 Å². The average Bonchev–Trinajstić information content (AvgIpc) is 2.98. The molecule has 1 atom stereocenters. The fourth-order valence-corrected chi connectivity index (χ4v) is 3.03. The molecule has 2 aromatic heterocycles. The third kappa shape index (κ3) is 1.44. The molecule has 0 saturated heterocycles. The minimum Gasteiger partial charge on any atom is -0.348 e. The number of aromatic amines is 1. The van der Waals surface area contributed by atoms with E-state index in [9.17, 15) is 0 Å². The Kier molecular flexibility index (Phi) is 2.26. The summed E-state index contributed by atoms with van der Waals surface area (Å²) in [6.07, 6.45) is 3.64. The van der Waals surface area contributed by atoms with E-state index in [-0.39, 0.29) is 0 Å². The molecular weight excluding hydrogens is 216 g/mol. The van der Waals surface area contributed by atoms with Gasteiger partial charge in [-0.05, 0) is 22.4 Å². The molecule has 0 bridgehead atoms. The largest absolute Gasteiger partial charge is 0.348 e. The van der Waals surface area contributed by atoms with E-state index in [0.717, 1.165) is 0 Å². The quantitative estimate of drug-likeness (QED) is 0.710. The average molecular weight is 228 g/mol. The molecule has 0 aliphatic rings. The van der Waals surface area contributed by atoms with Gasteiger partial charge in [-0.3, -0.25) is 0 Å². The number of aromatic nitrogens is 2. The van der Waals surface area contributed by atoms with Crippen LogP contribution in [0.4, 0.5) is 0 Å². The zero-order valence-corrected chi connectivity index (χ0v) is 9.79. The number of hydrogen-bond acceptors (Lipinski definition) is 2. The first-order valence-corrected chi connectivity index (χ1v) is 6.18. The van der Waals surface area contributed by atoms with Crippen LogP contribution < -0.4 is 0 Å². The molecule has 3 rings (SSSR count). The highest BCUT2D eigenvalue weighted by Gasteiger charge is 2.13. The topological polar surface area (TPSA) is 28.7 Å². The van der Waals surface area contributed by atoms with Crippen molar-refractivity contribution in [1.29, 1.82) is 0 Å². The second-order valence-electron chi connectivity index (χ2n) is 3.91. The van der Waals surface area contributed by atoms with Crippen LogP contribution in [0, 0.1) is 0 Å². The Labute approximate surface area is 98.0 Å². The molecule has 16 heavy (non-hydrogen) atoms. The highest BCUT2D eigenvalue weighted by atomic mass is 32.1. The van der Waals surface area contributed by atoms with E-state index in [1.54, 1.807) is 17.7 Å².